The first-order valence-corrected chi connectivity index (χ1v) is 15.6. The molecule has 4 aromatic rings. The average molecular weight is 571 g/mol. The summed E-state index contributed by atoms with van der Waals surface area (Å²) in [4.78, 5) is 22.3. The summed E-state index contributed by atoms with van der Waals surface area (Å²) in [6.07, 6.45) is 6.49. The average Bonchev–Trinajstić information content (AvgIpc) is 3.00. The lowest BCUT2D eigenvalue weighted by molar-refractivity contribution is -0.133. The maximum atomic E-state index is 13.7. The highest BCUT2D eigenvalue weighted by atomic mass is 32.2. The van der Waals surface area contributed by atoms with Crippen LogP contribution in [0.2, 0.25) is 0 Å². The lowest BCUT2D eigenvalue weighted by atomic mass is 9.71. The number of likely N-dealkylation sites (tertiary alicyclic amines) is 1. The molecule has 0 aliphatic carbocycles. The van der Waals surface area contributed by atoms with Crippen molar-refractivity contribution in [2.24, 2.45) is 0 Å². The number of benzene rings is 3. The Hall–Kier alpha value is -3.59. The Labute approximate surface area is 243 Å². The van der Waals surface area contributed by atoms with E-state index in [2.05, 4.69) is 34.8 Å². The second-order valence-electron chi connectivity index (χ2n) is 11.3. The van der Waals surface area contributed by atoms with E-state index in [1.54, 1.807) is 18.3 Å². The fraction of sp³-hybridized carbons (Fsp3) is 0.333. The number of hydrogen-bond donors (Lipinski definition) is 1. The molecule has 2 heterocycles. The SMILES string of the molecule is CN(C)CCC1(c2cccnc2)CCN(C(=O)CC(NS(=O)(=O)c2ccc3ccccc3c2)c2ccccc2)CC1. The standard InChI is InChI=1S/C33H38N4O3S/c1-36(2)20-16-33(29-13-8-19-34-25-29)17-21-37(22-18-33)32(38)24-31(27-10-4-3-5-11-27)35-41(39,40)30-15-14-26-9-6-7-12-28(26)23-30/h3-15,19,23,25,31,35H,16-18,20-22,24H2,1-2H3. The predicted molar refractivity (Wildman–Crippen MR) is 163 cm³/mol. The van der Waals surface area contributed by atoms with Gasteiger partial charge in [-0.3, -0.25) is 9.78 Å². The van der Waals surface area contributed by atoms with Crippen molar-refractivity contribution in [2.45, 2.75) is 42.0 Å². The molecule has 7 nitrogen and oxygen atoms in total. The fourth-order valence-corrected chi connectivity index (χ4v) is 7.05. The smallest absolute Gasteiger partial charge is 0.241 e. The van der Waals surface area contributed by atoms with Crippen LogP contribution in [0.15, 0.2) is 102 Å². The molecule has 1 N–H and O–H groups in total. The van der Waals surface area contributed by atoms with Crippen LogP contribution in [0.3, 0.4) is 0 Å². The molecule has 1 aliphatic rings. The Bertz CT molecular complexity index is 1570. The van der Waals surface area contributed by atoms with E-state index in [0.29, 0.717) is 13.1 Å². The summed E-state index contributed by atoms with van der Waals surface area (Å²) in [6.45, 7) is 2.20. The van der Waals surface area contributed by atoms with Crippen LogP contribution in [-0.2, 0) is 20.2 Å². The fourth-order valence-electron chi connectivity index (χ4n) is 5.79. The second kappa shape index (κ2) is 12.5. The minimum absolute atomic E-state index is 0.0359. The number of amides is 1. The topological polar surface area (TPSA) is 82.6 Å². The molecule has 1 aromatic heterocycles. The second-order valence-corrected chi connectivity index (χ2v) is 13.0. The zero-order valence-electron chi connectivity index (χ0n) is 23.7. The number of nitrogens with zero attached hydrogens (tertiary/aromatic N) is 3. The van der Waals surface area contributed by atoms with Gasteiger partial charge < -0.3 is 9.80 Å². The van der Waals surface area contributed by atoms with Gasteiger partial charge >= 0.3 is 0 Å². The van der Waals surface area contributed by atoms with E-state index >= 15 is 0 Å². The Balaban J connectivity index is 1.33. The number of aromatic nitrogens is 1. The third-order valence-corrected chi connectivity index (χ3v) is 9.76. The minimum Gasteiger partial charge on any atom is -0.343 e. The van der Waals surface area contributed by atoms with Gasteiger partial charge in [-0.05, 0) is 80.0 Å². The van der Waals surface area contributed by atoms with E-state index in [1.807, 2.05) is 77.8 Å². The van der Waals surface area contributed by atoms with Crippen LogP contribution in [0.1, 0.15) is 42.9 Å². The van der Waals surface area contributed by atoms with Crippen LogP contribution in [0.5, 0.6) is 0 Å². The Morgan fingerprint density at radius 2 is 1.66 bits per heavy atom. The van der Waals surface area contributed by atoms with Crippen molar-refractivity contribution in [3.63, 3.8) is 0 Å². The van der Waals surface area contributed by atoms with Gasteiger partial charge in [-0.1, -0.05) is 66.7 Å². The van der Waals surface area contributed by atoms with Gasteiger partial charge in [-0.15, -0.1) is 0 Å². The van der Waals surface area contributed by atoms with Gasteiger partial charge in [0, 0.05) is 37.3 Å². The zero-order valence-corrected chi connectivity index (χ0v) is 24.6. The van der Waals surface area contributed by atoms with E-state index in [-0.39, 0.29) is 22.6 Å². The molecule has 1 unspecified atom stereocenters. The molecule has 0 saturated carbocycles. The largest absolute Gasteiger partial charge is 0.343 e. The summed E-state index contributed by atoms with van der Waals surface area (Å²) in [5.41, 5.74) is 1.95. The van der Waals surface area contributed by atoms with E-state index in [9.17, 15) is 13.2 Å². The van der Waals surface area contributed by atoms with Gasteiger partial charge in [0.1, 0.15) is 0 Å². The van der Waals surface area contributed by atoms with Crippen molar-refractivity contribution in [1.29, 1.82) is 0 Å². The predicted octanol–water partition coefficient (Wildman–Crippen LogP) is 5.16. The molecule has 41 heavy (non-hydrogen) atoms. The third kappa shape index (κ3) is 6.84. The summed E-state index contributed by atoms with van der Waals surface area (Å²) in [5.74, 6) is -0.0486. The van der Waals surface area contributed by atoms with Crippen molar-refractivity contribution >= 4 is 26.7 Å². The van der Waals surface area contributed by atoms with Crippen molar-refractivity contribution in [3.05, 3.63) is 108 Å². The highest BCUT2D eigenvalue weighted by molar-refractivity contribution is 7.89. The van der Waals surface area contributed by atoms with Gasteiger partial charge in [-0.25, -0.2) is 13.1 Å². The normalized spacial score (nSPS) is 16.1. The number of piperidine rings is 1. The molecule has 0 spiro atoms. The van der Waals surface area contributed by atoms with Crippen molar-refractivity contribution in [1.82, 2.24) is 19.5 Å². The molecule has 0 bridgehead atoms. The Kier molecular flexibility index (Phi) is 8.82. The van der Waals surface area contributed by atoms with Gasteiger partial charge in [-0.2, -0.15) is 0 Å². The van der Waals surface area contributed by atoms with Gasteiger partial charge in [0.2, 0.25) is 15.9 Å². The van der Waals surface area contributed by atoms with Crippen molar-refractivity contribution < 1.29 is 13.2 Å². The first kappa shape index (κ1) is 28.9. The van der Waals surface area contributed by atoms with Crippen LogP contribution in [0, 0.1) is 0 Å². The first-order chi connectivity index (χ1) is 19.8. The van der Waals surface area contributed by atoms with Gasteiger partial charge in [0.15, 0.2) is 0 Å². The molecule has 1 aliphatic heterocycles. The molecular weight excluding hydrogens is 532 g/mol. The third-order valence-electron chi connectivity index (χ3n) is 8.29. The maximum absolute atomic E-state index is 13.7. The number of rotatable bonds is 10. The van der Waals surface area contributed by atoms with Crippen LogP contribution in [-0.4, -0.2) is 62.8 Å². The summed E-state index contributed by atoms with van der Waals surface area (Å²) >= 11 is 0. The number of carbonyl (C=O) groups excluding carboxylic acids is 1. The summed E-state index contributed by atoms with van der Waals surface area (Å²) in [5, 5.41) is 1.82. The van der Waals surface area contributed by atoms with E-state index in [4.69, 9.17) is 0 Å². The lowest BCUT2D eigenvalue weighted by Crippen LogP contribution is -2.47. The van der Waals surface area contributed by atoms with Gasteiger partial charge in [0.25, 0.3) is 0 Å². The molecule has 214 valence electrons. The van der Waals surface area contributed by atoms with Crippen LogP contribution in [0.4, 0.5) is 0 Å². The van der Waals surface area contributed by atoms with Crippen LogP contribution >= 0.6 is 0 Å². The zero-order chi connectivity index (χ0) is 28.9. The Morgan fingerprint density at radius 1 is 0.951 bits per heavy atom. The molecule has 3 aromatic carbocycles. The Morgan fingerprint density at radius 3 is 2.34 bits per heavy atom. The molecule has 1 fully saturated rings. The first-order valence-electron chi connectivity index (χ1n) is 14.1. The molecule has 8 heteroatoms. The van der Waals surface area contributed by atoms with E-state index in [0.717, 1.165) is 42.1 Å². The molecule has 1 amide bonds. The number of hydrogen-bond acceptors (Lipinski definition) is 5. The molecule has 1 atom stereocenters. The van der Waals surface area contributed by atoms with Gasteiger partial charge in [0.05, 0.1) is 10.9 Å². The quantitative estimate of drug-likeness (QED) is 0.285. The minimum atomic E-state index is -3.88. The lowest BCUT2D eigenvalue weighted by Gasteiger charge is -2.43. The van der Waals surface area contributed by atoms with E-state index in [1.165, 1.54) is 5.56 Å². The number of sulfonamides is 1. The summed E-state index contributed by atoms with van der Waals surface area (Å²) < 4.78 is 29.9. The molecule has 5 rings (SSSR count). The monoisotopic (exact) mass is 570 g/mol. The number of nitrogens with one attached hydrogen (secondary N) is 1. The van der Waals surface area contributed by atoms with Crippen LogP contribution in [0.25, 0.3) is 10.8 Å². The number of fused-ring (bicyclic) bond motifs is 1. The highest BCUT2D eigenvalue weighted by Crippen LogP contribution is 2.39. The number of carbonyl (C=O) groups is 1. The van der Waals surface area contributed by atoms with Crippen molar-refractivity contribution in [3.8, 4) is 0 Å². The molecule has 0 radical (unpaired) electrons. The highest BCUT2D eigenvalue weighted by Gasteiger charge is 2.38. The van der Waals surface area contributed by atoms with Crippen molar-refractivity contribution in [2.75, 3.05) is 33.7 Å². The molecule has 1 saturated heterocycles. The molecular formula is C33H38N4O3S. The van der Waals surface area contributed by atoms with Crippen LogP contribution < -0.4 is 4.72 Å². The maximum Gasteiger partial charge on any atom is 0.241 e. The summed E-state index contributed by atoms with van der Waals surface area (Å²) in [7, 11) is 0.285. The summed E-state index contributed by atoms with van der Waals surface area (Å²) in [6, 6.07) is 25.6. The van der Waals surface area contributed by atoms with E-state index < -0.39 is 16.1 Å². The number of pyridine rings is 1.